The molecule has 92 valence electrons. The van der Waals surface area contributed by atoms with Gasteiger partial charge in [-0.3, -0.25) is 0 Å². The van der Waals surface area contributed by atoms with Crippen molar-refractivity contribution in [2.24, 2.45) is 0 Å². The van der Waals surface area contributed by atoms with Crippen molar-refractivity contribution in [2.75, 3.05) is 0 Å². The van der Waals surface area contributed by atoms with E-state index < -0.39 is 23.0 Å². The van der Waals surface area contributed by atoms with Gasteiger partial charge in [0.05, 0.1) is 11.6 Å². The summed E-state index contributed by atoms with van der Waals surface area (Å²) in [4.78, 5) is 0. The lowest BCUT2D eigenvalue weighted by molar-refractivity contribution is -0.283. The van der Waals surface area contributed by atoms with Gasteiger partial charge < -0.3 is 0 Å². The molecule has 0 fully saturated rings. The third kappa shape index (κ3) is 2.67. The lowest BCUT2D eigenvalue weighted by atomic mass is 10.0. The molecule has 7 heteroatoms. The molecule has 0 spiro atoms. The molecule has 0 heterocycles. The highest BCUT2D eigenvalue weighted by atomic mass is 35.5. The molecule has 0 N–H and O–H groups in total. The second-order valence-corrected chi connectivity index (χ2v) is 3.65. The number of benzene rings is 1. The SMILES string of the molecule is N#Cc1ccc(C(Cl)C(F)(F)C(F)(F)F)cc1. The fraction of sp³-hybridized carbons (Fsp3) is 0.300. The Morgan fingerprint density at radius 2 is 1.53 bits per heavy atom. The van der Waals surface area contributed by atoms with Crippen molar-refractivity contribution in [1.29, 1.82) is 5.26 Å². The summed E-state index contributed by atoms with van der Waals surface area (Å²) >= 11 is 5.13. The van der Waals surface area contributed by atoms with E-state index in [-0.39, 0.29) is 5.56 Å². The molecule has 0 amide bonds. The topological polar surface area (TPSA) is 23.8 Å². The Morgan fingerprint density at radius 3 is 1.88 bits per heavy atom. The van der Waals surface area contributed by atoms with Gasteiger partial charge in [-0.15, -0.1) is 11.6 Å². The highest BCUT2D eigenvalue weighted by molar-refractivity contribution is 6.21. The van der Waals surface area contributed by atoms with E-state index in [1.54, 1.807) is 6.07 Å². The first-order chi connectivity index (χ1) is 7.70. The molecule has 1 aromatic rings. The summed E-state index contributed by atoms with van der Waals surface area (Å²) in [6.07, 6.45) is -5.71. The van der Waals surface area contributed by atoms with E-state index in [9.17, 15) is 22.0 Å². The van der Waals surface area contributed by atoms with Gasteiger partial charge in [0, 0.05) is 0 Å². The van der Waals surface area contributed by atoms with E-state index >= 15 is 0 Å². The van der Waals surface area contributed by atoms with Gasteiger partial charge in [0.2, 0.25) is 0 Å². The lowest BCUT2D eigenvalue weighted by Gasteiger charge is -2.24. The summed E-state index contributed by atoms with van der Waals surface area (Å²) in [6, 6.07) is 5.89. The first-order valence-electron chi connectivity index (χ1n) is 4.29. The number of nitriles is 1. The summed E-state index contributed by atoms with van der Waals surface area (Å²) < 4.78 is 61.8. The zero-order chi connectivity index (χ0) is 13.3. The normalized spacial score (nSPS) is 14.2. The maximum atomic E-state index is 12.9. The first-order valence-corrected chi connectivity index (χ1v) is 4.72. The Labute approximate surface area is 98.4 Å². The third-order valence-electron chi connectivity index (χ3n) is 2.03. The molecule has 0 radical (unpaired) electrons. The molecular formula is C10H5ClF5N. The van der Waals surface area contributed by atoms with Crippen LogP contribution in [-0.2, 0) is 0 Å². The predicted octanol–water partition coefficient (Wildman–Crippen LogP) is 4.04. The summed E-state index contributed by atoms with van der Waals surface area (Å²) in [5.41, 5.74) is -0.249. The third-order valence-corrected chi connectivity index (χ3v) is 2.55. The second-order valence-electron chi connectivity index (χ2n) is 3.22. The standard InChI is InChI=1S/C10H5ClF5N/c11-8(9(12,13)10(14,15)16)7-3-1-6(5-17)2-4-7/h1-4,8H. The second kappa shape index (κ2) is 4.49. The van der Waals surface area contributed by atoms with Gasteiger partial charge in [-0.2, -0.15) is 27.2 Å². The number of rotatable bonds is 2. The van der Waals surface area contributed by atoms with E-state index in [2.05, 4.69) is 0 Å². The van der Waals surface area contributed by atoms with Crippen LogP contribution in [-0.4, -0.2) is 12.1 Å². The van der Waals surface area contributed by atoms with Crippen molar-refractivity contribution in [3.8, 4) is 6.07 Å². The van der Waals surface area contributed by atoms with Crippen LogP contribution in [0.5, 0.6) is 0 Å². The average Bonchev–Trinajstić information content (AvgIpc) is 2.26. The number of alkyl halides is 6. The molecule has 1 aromatic carbocycles. The summed E-state index contributed by atoms with van der Waals surface area (Å²) in [5.74, 6) is -5.03. The van der Waals surface area contributed by atoms with Crippen LogP contribution in [0.1, 0.15) is 16.5 Å². The molecule has 0 bridgehead atoms. The van der Waals surface area contributed by atoms with Crippen LogP contribution < -0.4 is 0 Å². The predicted molar refractivity (Wildman–Crippen MR) is 50.8 cm³/mol. The number of hydrogen-bond donors (Lipinski definition) is 0. The van der Waals surface area contributed by atoms with Gasteiger partial charge in [-0.05, 0) is 17.7 Å². The van der Waals surface area contributed by atoms with Gasteiger partial charge >= 0.3 is 12.1 Å². The highest BCUT2D eigenvalue weighted by Crippen LogP contribution is 2.47. The quantitative estimate of drug-likeness (QED) is 0.587. The molecule has 0 aliphatic rings. The van der Waals surface area contributed by atoms with Crippen LogP contribution in [0, 0.1) is 11.3 Å². The molecule has 17 heavy (non-hydrogen) atoms. The molecule has 0 saturated carbocycles. The number of nitrogens with zero attached hydrogens (tertiary/aromatic N) is 1. The zero-order valence-corrected chi connectivity index (χ0v) is 8.86. The number of hydrogen-bond acceptors (Lipinski definition) is 1. The minimum atomic E-state index is -5.71. The van der Waals surface area contributed by atoms with Gasteiger partial charge in [0.1, 0.15) is 5.38 Å². The average molecular weight is 270 g/mol. The summed E-state index contributed by atoms with van der Waals surface area (Å²) in [5, 5.41) is 5.93. The van der Waals surface area contributed by atoms with Crippen LogP contribution >= 0.6 is 11.6 Å². The minimum Gasteiger partial charge on any atom is -0.194 e. The van der Waals surface area contributed by atoms with E-state index in [1.807, 2.05) is 0 Å². The fourth-order valence-corrected chi connectivity index (χ4v) is 1.35. The molecule has 0 aliphatic heterocycles. The lowest BCUT2D eigenvalue weighted by Crippen LogP contribution is -2.40. The van der Waals surface area contributed by atoms with E-state index in [0.717, 1.165) is 24.3 Å². The maximum Gasteiger partial charge on any atom is 0.455 e. The van der Waals surface area contributed by atoms with Crippen molar-refractivity contribution in [2.45, 2.75) is 17.5 Å². The van der Waals surface area contributed by atoms with Crippen molar-refractivity contribution in [3.63, 3.8) is 0 Å². The number of halogens is 6. The molecule has 1 unspecified atom stereocenters. The van der Waals surface area contributed by atoms with Crippen molar-refractivity contribution >= 4 is 11.6 Å². The molecule has 1 rings (SSSR count). The van der Waals surface area contributed by atoms with Gasteiger partial charge in [0.15, 0.2) is 0 Å². The molecule has 0 aromatic heterocycles. The van der Waals surface area contributed by atoms with Crippen molar-refractivity contribution in [3.05, 3.63) is 35.4 Å². The van der Waals surface area contributed by atoms with E-state index in [1.165, 1.54) is 0 Å². The van der Waals surface area contributed by atoms with Crippen molar-refractivity contribution in [1.82, 2.24) is 0 Å². The van der Waals surface area contributed by atoms with Gasteiger partial charge in [-0.1, -0.05) is 12.1 Å². The molecule has 0 saturated heterocycles. The Hall–Kier alpha value is -1.35. The van der Waals surface area contributed by atoms with Crippen LogP contribution in [0.25, 0.3) is 0 Å². The van der Waals surface area contributed by atoms with Gasteiger partial charge in [-0.25, -0.2) is 0 Å². The Kier molecular flexibility index (Phi) is 3.62. The molecular weight excluding hydrogens is 265 g/mol. The summed E-state index contributed by atoms with van der Waals surface area (Å²) in [6.45, 7) is 0. The monoisotopic (exact) mass is 269 g/mol. The van der Waals surface area contributed by atoms with E-state index in [4.69, 9.17) is 16.9 Å². The van der Waals surface area contributed by atoms with E-state index in [0.29, 0.717) is 0 Å². The fourth-order valence-electron chi connectivity index (χ4n) is 1.08. The van der Waals surface area contributed by atoms with Crippen molar-refractivity contribution < 1.29 is 22.0 Å². The smallest absolute Gasteiger partial charge is 0.194 e. The minimum absolute atomic E-state index is 0.146. The molecule has 1 nitrogen and oxygen atoms in total. The van der Waals surface area contributed by atoms with Crippen LogP contribution in [0.2, 0.25) is 0 Å². The van der Waals surface area contributed by atoms with Crippen LogP contribution in [0.15, 0.2) is 24.3 Å². The summed E-state index contributed by atoms with van der Waals surface area (Å²) in [7, 11) is 0. The molecule has 0 aliphatic carbocycles. The van der Waals surface area contributed by atoms with Crippen LogP contribution in [0.3, 0.4) is 0 Å². The maximum absolute atomic E-state index is 12.9. The van der Waals surface area contributed by atoms with Crippen LogP contribution in [0.4, 0.5) is 22.0 Å². The first kappa shape index (κ1) is 13.7. The van der Waals surface area contributed by atoms with Gasteiger partial charge in [0.25, 0.3) is 0 Å². The Bertz CT molecular complexity index is 431. The Morgan fingerprint density at radius 1 is 1.06 bits per heavy atom. The zero-order valence-electron chi connectivity index (χ0n) is 8.10. The Balaban J connectivity index is 3.04. The molecule has 1 atom stereocenters. The largest absolute Gasteiger partial charge is 0.455 e. The highest BCUT2D eigenvalue weighted by Gasteiger charge is 2.62.